The number of hydrogen-bond donors (Lipinski definition) is 0. The van der Waals surface area contributed by atoms with Gasteiger partial charge in [-0.1, -0.05) is 77.8 Å². The van der Waals surface area contributed by atoms with Gasteiger partial charge in [0.25, 0.3) is 0 Å². The van der Waals surface area contributed by atoms with Gasteiger partial charge in [0.15, 0.2) is 0 Å². The van der Waals surface area contributed by atoms with Crippen molar-refractivity contribution in [2.45, 2.75) is 79.6 Å². The minimum atomic E-state index is -0.0923. The van der Waals surface area contributed by atoms with Gasteiger partial charge in [0.05, 0.1) is 3.42 Å². The Morgan fingerprint density at radius 3 is 1.54 bits per heavy atom. The molecule has 0 aliphatic heterocycles. The Morgan fingerprint density at radius 1 is 0.667 bits per heavy atom. The second-order valence-electron chi connectivity index (χ2n) is 9.11. The molecule has 3 aliphatic carbocycles. The molecule has 134 valence electrons. The van der Waals surface area contributed by atoms with Crippen LogP contribution in [-0.4, -0.2) is 3.42 Å². The zero-order valence-corrected chi connectivity index (χ0v) is 19.7. The van der Waals surface area contributed by atoms with E-state index in [0.29, 0.717) is 0 Å². The van der Waals surface area contributed by atoms with Crippen LogP contribution in [-0.2, 0) is 0 Å². The largest absolute Gasteiger partial charge is 0.0943 e. The van der Waals surface area contributed by atoms with Crippen LogP contribution in [0.3, 0.4) is 0 Å². The number of hydrogen-bond acceptors (Lipinski definition) is 0. The molecule has 0 nitrogen and oxygen atoms in total. The van der Waals surface area contributed by atoms with Gasteiger partial charge in [-0.15, -0.1) is 0 Å². The first-order valence-corrected chi connectivity index (χ1v) is 10.1. The fourth-order valence-corrected chi connectivity index (χ4v) is 6.92. The van der Waals surface area contributed by atoms with E-state index in [1.807, 2.05) is 0 Å². The number of halogens is 1. The molecule has 0 fully saturated rings. The summed E-state index contributed by atoms with van der Waals surface area (Å²) in [7, 11) is 0. The SMILES string of the molecule is C=C1/C(C)=C(/C)C2(C)C(C)(C)/C(C)=C(/C)C1(C)/C(C)=C(/C)C2(C)I. The van der Waals surface area contributed by atoms with Gasteiger partial charge < -0.3 is 0 Å². The van der Waals surface area contributed by atoms with Gasteiger partial charge >= 0.3 is 0 Å². The van der Waals surface area contributed by atoms with Crippen LogP contribution in [0, 0.1) is 16.2 Å². The maximum absolute atomic E-state index is 4.61. The van der Waals surface area contributed by atoms with E-state index in [1.165, 1.54) is 39.0 Å². The fraction of sp³-hybridized carbons (Fsp3) is 0.652. The molecule has 0 aromatic rings. The number of fused-ring (bicyclic) bond motifs is 3. The number of rotatable bonds is 0. The van der Waals surface area contributed by atoms with Crippen LogP contribution in [0.5, 0.6) is 0 Å². The summed E-state index contributed by atoms with van der Waals surface area (Å²) in [5.74, 6) is 0. The predicted octanol–water partition coefficient (Wildman–Crippen LogP) is 7.81. The Labute approximate surface area is 163 Å². The maximum Gasteiger partial charge on any atom is 0.0501 e. The lowest BCUT2D eigenvalue weighted by Crippen LogP contribution is -2.55. The molecule has 0 saturated carbocycles. The highest BCUT2D eigenvalue weighted by Crippen LogP contribution is 2.68. The molecule has 0 radical (unpaired) electrons. The van der Waals surface area contributed by atoms with Crippen LogP contribution in [0.2, 0.25) is 0 Å². The summed E-state index contributed by atoms with van der Waals surface area (Å²) >= 11 is 2.73. The van der Waals surface area contributed by atoms with Gasteiger partial charge in [-0.3, -0.25) is 0 Å². The highest BCUT2D eigenvalue weighted by Gasteiger charge is 2.59. The maximum atomic E-state index is 4.61. The first kappa shape index (κ1) is 20.0. The smallest absolute Gasteiger partial charge is 0.0501 e. The molecule has 0 aromatic heterocycles. The van der Waals surface area contributed by atoms with Crippen LogP contribution in [0.15, 0.2) is 45.6 Å². The van der Waals surface area contributed by atoms with Gasteiger partial charge in [-0.2, -0.15) is 0 Å². The van der Waals surface area contributed by atoms with Gasteiger partial charge in [0.2, 0.25) is 0 Å². The summed E-state index contributed by atoms with van der Waals surface area (Å²) in [5.41, 5.74) is 10.2. The summed E-state index contributed by atoms with van der Waals surface area (Å²) in [6.45, 7) is 30.8. The van der Waals surface area contributed by atoms with Gasteiger partial charge in [0.1, 0.15) is 0 Å². The molecule has 0 saturated heterocycles. The van der Waals surface area contributed by atoms with E-state index in [4.69, 9.17) is 0 Å². The summed E-state index contributed by atoms with van der Waals surface area (Å²) < 4.78 is 0.0492. The summed E-state index contributed by atoms with van der Waals surface area (Å²) in [4.78, 5) is 0. The third kappa shape index (κ3) is 1.91. The van der Waals surface area contributed by atoms with Crippen molar-refractivity contribution in [2.75, 3.05) is 0 Å². The molecule has 3 rings (SSSR count). The second kappa shape index (κ2) is 5.34. The van der Waals surface area contributed by atoms with Crippen molar-refractivity contribution >= 4 is 22.6 Å². The molecule has 0 heterocycles. The lowest BCUT2D eigenvalue weighted by molar-refractivity contribution is 0.135. The molecule has 0 aromatic carbocycles. The lowest BCUT2D eigenvalue weighted by Gasteiger charge is -2.61. The first-order valence-electron chi connectivity index (χ1n) is 9.04. The lowest BCUT2D eigenvalue weighted by atomic mass is 9.46. The minimum Gasteiger partial charge on any atom is -0.0943 e. The second-order valence-corrected chi connectivity index (χ2v) is 11.3. The molecular weight excluding hydrogens is 403 g/mol. The van der Waals surface area contributed by atoms with Crippen molar-refractivity contribution in [3.05, 3.63) is 45.6 Å². The quantitative estimate of drug-likeness (QED) is 0.206. The van der Waals surface area contributed by atoms with Crippen molar-refractivity contribution in [1.29, 1.82) is 0 Å². The van der Waals surface area contributed by atoms with E-state index >= 15 is 0 Å². The summed E-state index contributed by atoms with van der Waals surface area (Å²) in [6.07, 6.45) is 0. The molecule has 0 spiro atoms. The van der Waals surface area contributed by atoms with Crippen LogP contribution in [0.4, 0.5) is 0 Å². The predicted molar refractivity (Wildman–Crippen MR) is 117 cm³/mol. The van der Waals surface area contributed by atoms with Crippen LogP contribution in [0.25, 0.3) is 0 Å². The Morgan fingerprint density at radius 2 is 1.08 bits per heavy atom. The normalized spacial score (nSPS) is 49.1. The molecule has 3 aliphatic rings. The Balaban J connectivity index is 3.23. The van der Waals surface area contributed by atoms with Gasteiger partial charge in [0, 0.05) is 10.8 Å². The first-order chi connectivity index (χ1) is 10.6. The molecule has 1 heteroatoms. The third-order valence-electron chi connectivity index (χ3n) is 8.82. The van der Waals surface area contributed by atoms with Gasteiger partial charge in [-0.25, -0.2) is 0 Å². The molecule has 0 N–H and O–H groups in total. The average molecular weight is 438 g/mol. The standard InChI is InChI=1S/C23H35I/c1-13-14(2)21(10)17(5)16(4)20(8,9)22(11,15(13)3)23(12,24)19(7)18(21)6/h2H2,1,3-12H3/b15-13-,17-16-,19-18-. The van der Waals surface area contributed by atoms with Crippen molar-refractivity contribution in [1.82, 2.24) is 0 Å². The van der Waals surface area contributed by atoms with E-state index in [0.717, 1.165) is 0 Å². The monoisotopic (exact) mass is 438 g/mol. The molecule has 3 unspecified atom stereocenters. The van der Waals surface area contributed by atoms with Crippen molar-refractivity contribution in [3.63, 3.8) is 0 Å². The van der Waals surface area contributed by atoms with Crippen LogP contribution in [0.1, 0.15) is 76.2 Å². The number of alkyl halides is 1. The highest BCUT2D eigenvalue weighted by molar-refractivity contribution is 14.1. The Hall–Kier alpha value is -0.310. The van der Waals surface area contributed by atoms with Crippen molar-refractivity contribution in [3.8, 4) is 0 Å². The molecule has 0 amide bonds. The molecular formula is C23H35I. The highest BCUT2D eigenvalue weighted by atomic mass is 127. The van der Waals surface area contributed by atoms with E-state index in [2.05, 4.69) is 105 Å². The third-order valence-corrected chi connectivity index (χ3v) is 10.7. The fourth-order valence-electron chi connectivity index (χ4n) is 5.44. The topological polar surface area (TPSA) is 0 Å². The zero-order chi connectivity index (χ0) is 19.0. The van der Waals surface area contributed by atoms with Crippen LogP contribution >= 0.6 is 22.6 Å². The van der Waals surface area contributed by atoms with E-state index in [-0.39, 0.29) is 19.7 Å². The average Bonchev–Trinajstić information content (AvgIpc) is 2.53. The van der Waals surface area contributed by atoms with Crippen molar-refractivity contribution in [2.24, 2.45) is 16.2 Å². The molecule has 3 atom stereocenters. The Kier molecular flexibility index (Phi) is 4.46. The minimum absolute atomic E-state index is 0.0199. The van der Waals surface area contributed by atoms with Crippen LogP contribution < -0.4 is 0 Å². The van der Waals surface area contributed by atoms with E-state index in [1.54, 1.807) is 0 Å². The summed E-state index contributed by atoms with van der Waals surface area (Å²) in [6, 6.07) is 0. The number of allylic oxidation sites excluding steroid dienone is 7. The molecule has 2 bridgehead atoms. The Bertz CT molecular complexity index is 681. The zero-order valence-electron chi connectivity index (χ0n) is 17.6. The van der Waals surface area contributed by atoms with Crippen molar-refractivity contribution < 1.29 is 0 Å². The molecule has 24 heavy (non-hydrogen) atoms. The van der Waals surface area contributed by atoms with Gasteiger partial charge in [-0.05, 0) is 72.0 Å². The van der Waals surface area contributed by atoms with E-state index in [9.17, 15) is 0 Å². The summed E-state index contributed by atoms with van der Waals surface area (Å²) in [5, 5.41) is 0. The van der Waals surface area contributed by atoms with E-state index < -0.39 is 0 Å².